The highest BCUT2D eigenvalue weighted by Crippen LogP contribution is 2.24. The standard InChI is InChI=1S/C14H26N2O3/c1-4-19-14(18)16(11-15(2)3)10-13(17)12-8-6-5-7-9-12/h12H,4-11H2,1-3H3. The number of amides is 1. The average Bonchev–Trinajstić information content (AvgIpc) is 2.38. The Morgan fingerprint density at radius 2 is 1.79 bits per heavy atom. The summed E-state index contributed by atoms with van der Waals surface area (Å²) in [5.74, 6) is 0.308. The summed E-state index contributed by atoms with van der Waals surface area (Å²) in [6, 6.07) is 0. The molecular weight excluding hydrogens is 244 g/mol. The molecule has 0 heterocycles. The van der Waals surface area contributed by atoms with Crippen LogP contribution in [0, 0.1) is 5.92 Å². The van der Waals surface area contributed by atoms with E-state index >= 15 is 0 Å². The smallest absolute Gasteiger partial charge is 0.411 e. The van der Waals surface area contributed by atoms with Gasteiger partial charge in [0.15, 0.2) is 5.78 Å². The lowest BCUT2D eigenvalue weighted by Crippen LogP contribution is -2.43. The molecule has 1 amide bonds. The van der Waals surface area contributed by atoms with Crippen LogP contribution in [-0.2, 0) is 9.53 Å². The summed E-state index contributed by atoms with van der Waals surface area (Å²) >= 11 is 0. The molecule has 1 rings (SSSR count). The maximum Gasteiger partial charge on any atom is 0.411 e. The van der Waals surface area contributed by atoms with E-state index in [9.17, 15) is 9.59 Å². The van der Waals surface area contributed by atoms with Crippen LogP contribution < -0.4 is 0 Å². The monoisotopic (exact) mass is 270 g/mol. The van der Waals surface area contributed by atoms with Crippen LogP contribution in [-0.4, -0.2) is 55.6 Å². The van der Waals surface area contributed by atoms with E-state index in [0.717, 1.165) is 25.7 Å². The fraction of sp³-hybridized carbons (Fsp3) is 0.857. The van der Waals surface area contributed by atoms with Gasteiger partial charge < -0.3 is 4.74 Å². The van der Waals surface area contributed by atoms with E-state index in [1.807, 2.05) is 19.0 Å². The second-order valence-corrected chi connectivity index (χ2v) is 5.42. The predicted octanol–water partition coefficient (Wildman–Crippen LogP) is 2.11. The van der Waals surface area contributed by atoms with Gasteiger partial charge in [0.1, 0.15) is 0 Å². The first-order chi connectivity index (χ1) is 9.04. The molecule has 1 aliphatic carbocycles. The topological polar surface area (TPSA) is 49.9 Å². The molecule has 1 saturated carbocycles. The van der Waals surface area contributed by atoms with Crippen LogP contribution in [0.2, 0.25) is 0 Å². The van der Waals surface area contributed by atoms with Gasteiger partial charge >= 0.3 is 6.09 Å². The number of carbonyl (C=O) groups excluding carboxylic acids is 2. The number of hydrogen-bond donors (Lipinski definition) is 0. The van der Waals surface area contributed by atoms with Gasteiger partial charge in [-0.3, -0.25) is 14.6 Å². The molecule has 0 aliphatic heterocycles. The van der Waals surface area contributed by atoms with E-state index in [0.29, 0.717) is 13.3 Å². The molecule has 110 valence electrons. The zero-order valence-electron chi connectivity index (χ0n) is 12.4. The summed E-state index contributed by atoms with van der Waals surface area (Å²) in [7, 11) is 3.74. The number of ketones is 1. The Balaban J connectivity index is 2.54. The van der Waals surface area contributed by atoms with Gasteiger partial charge in [0.05, 0.1) is 19.8 Å². The molecule has 0 bridgehead atoms. The average molecular weight is 270 g/mol. The van der Waals surface area contributed by atoms with Crippen LogP contribution in [0.5, 0.6) is 0 Å². The van der Waals surface area contributed by atoms with E-state index in [2.05, 4.69) is 0 Å². The van der Waals surface area contributed by atoms with Gasteiger partial charge in [-0.1, -0.05) is 19.3 Å². The Morgan fingerprint density at radius 1 is 1.16 bits per heavy atom. The Bertz CT molecular complexity index is 299. The molecule has 0 radical (unpaired) electrons. The van der Waals surface area contributed by atoms with Crippen molar-refractivity contribution in [1.82, 2.24) is 9.80 Å². The van der Waals surface area contributed by atoms with Crippen LogP contribution in [0.25, 0.3) is 0 Å². The second-order valence-electron chi connectivity index (χ2n) is 5.42. The van der Waals surface area contributed by atoms with Gasteiger partial charge in [0.25, 0.3) is 0 Å². The van der Waals surface area contributed by atoms with Crippen LogP contribution >= 0.6 is 0 Å². The van der Waals surface area contributed by atoms with E-state index in [4.69, 9.17) is 4.74 Å². The number of nitrogens with zero attached hydrogens (tertiary/aromatic N) is 2. The first-order valence-electron chi connectivity index (χ1n) is 7.13. The number of hydrogen-bond acceptors (Lipinski definition) is 4. The minimum atomic E-state index is -0.402. The third-order valence-electron chi connectivity index (χ3n) is 3.39. The van der Waals surface area contributed by atoms with Crippen LogP contribution in [0.1, 0.15) is 39.0 Å². The Morgan fingerprint density at radius 3 is 2.32 bits per heavy atom. The first-order valence-corrected chi connectivity index (χ1v) is 7.13. The fourth-order valence-corrected chi connectivity index (χ4v) is 2.47. The van der Waals surface area contributed by atoms with Crippen molar-refractivity contribution in [2.45, 2.75) is 39.0 Å². The second kappa shape index (κ2) is 8.15. The van der Waals surface area contributed by atoms with Gasteiger partial charge in [0, 0.05) is 5.92 Å². The molecule has 1 fully saturated rings. The molecular formula is C14H26N2O3. The summed E-state index contributed by atoms with van der Waals surface area (Å²) in [6.45, 7) is 2.69. The van der Waals surface area contributed by atoms with Gasteiger partial charge in [-0.25, -0.2) is 4.79 Å². The molecule has 0 aromatic rings. The lowest BCUT2D eigenvalue weighted by molar-refractivity contribution is -0.125. The number of Topliss-reactive ketones (excluding diaryl/α,β-unsaturated/α-hetero) is 1. The summed E-state index contributed by atoms with van der Waals surface area (Å²) in [4.78, 5) is 27.4. The molecule has 1 aliphatic rings. The molecule has 0 atom stereocenters. The van der Waals surface area contributed by atoms with E-state index in [1.165, 1.54) is 11.3 Å². The van der Waals surface area contributed by atoms with Crippen molar-refractivity contribution in [3.63, 3.8) is 0 Å². The molecule has 5 nitrogen and oxygen atoms in total. The number of rotatable bonds is 6. The Hall–Kier alpha value is -1.10. The minimum Gasteiger partial charge on any atom is -0.450 e. The Kier molecular flexibility index (Phi) is 6.84. The van der Waals surface area contributed by atoms with Crippen molar-refractivity contribution < 1.29 is 14.3 Å². The van der Waals surface area contributed by atoms with E-state index < -0.39 is 6.09 Å². The molecule has 0 unspecified atom stereocenters. The van der Waals surface area contributed by atoms with E-state index in [-0.39, 0.29) is 18.2 Å². The third kappa shape index (κ3) is 5.59. The zero-order chi connectivity index (χ0) is 14.3. The van der Waals surface area contributed by atoms with Crippen molar-refractivity contribution in [3.8, 4) is 0 Å². The fourth-order valence-electron chi connectivity index (χ4n) is 2.47. The normalized spacial score (nSPS) is 16.4. The molecule has 0 N–H and O–H groups in total. The third-order valence-corrected chi connectivity index (χ3v) is 3.39. The largest absolute Gasteiger partial charge is 0.450 e. The van der Waals surface area contributed by atoms with Gasteiger partial charge in [0.2, 0.25) is 0 Å². The minimum absolute atomic E-state index is 0.132. The predicted molar refractivity (Wildman–Crippen MR) is 73.9 cm³/mol. The number of carbonyl (C=O) groups is 2. The van der Waals surface area contributed by atoms with Gasteiger partial charge in [-0.05, 0) is 33.9 Å². The van der Waals surface area contributed by atoms with Gasteiger partial charge in [-0.15, -0.1) is 0 Å². The lowest BCUT2D eigenvalue weighted by atomic mass is 9.86. The summed E-state index contributed by atoms with van der Waals surface area (Å²) < 4.78 is 5.00. The maximum absolute atomic E-state index is 12.2. The van der Waals surface area contributed by atoms with Gasteiger partial charge in [-0.2, -0.15) is 0 Å². The summed E-state index contributed by atoms with van der Waals surface area (Å²) in [6.07, 6.45) is 5.02. The highest BCUT2D eigenvalue weighted by Gasteiger charge is 2.25. The molecule has 19 heavy (non-hydrogen) atoms. The van der Waals surface area contributed by atoms with Crippen LogP contribution in [0.4, 0.5) is 4.79 Å². The van der Waals surface area contributed by atoms with Crippen LogP contribution in [0.3, 0.4) is 0 Å². The lowest BCUT2D eigenvalue weighted by Gasteiger charge is -2.27. The maximum atomic E-state index is 12.2. The van der Waals surface area contributed by atoms with Crippen molar-refractivity contribution in [2.24, 2.45) is 5.92 Å². The Labute approximate surface area is 115 Å². The number of ether oxygens (including phenoxy) is 1. The van der Waals surface area contributed by atoms with Crippen molar-refractivity contribution in [1.29, 1.82) is 0 Å². The zero-order valence-corrected chi connectivity index (χ0v) is 12.4. The molecule has 5 heteroatoms. The molecule has 0 spiro atoms. The van der Waals surface area contributed by atoms with E-state index in [1.54, 1.807) is 6.92 Å². The highest BCUT2D eigenvalue weighted by molar-refractivity contribution is 5.86. The molecule has 0 aromatic heterocycles. The summed E-state index contributed by atoms with van der Waals surface area (Å²) in [5.41, 5.74) is 0. The van der Waals surface area contributed by atoms with Crippen LogP contribution in [0.15, 0.2) is 0 Å². The van der Waals surface area contributed by atoms with Crippen molar-refractivity contribution in [2.75, 3.05) is 33.9 Å². The van der Waals surface area contributed by atoms with Crippen molar-refractivity contribution in [3.05, 3.63) is 0 Å². The SMILES string of the molecule is CCOC(=O)N(CC(=O)C1CCCCC1)CN(C)C. The molecule has 0 aromatic carbocycles. The van der Waals surface area contributed by atoms with Crippen molar-refractivity contribution >= 4 is 11.9 Å². The summed E-state index contributed by atoms with van der Waals surface area (Å²) in [5, 5.41) is 0. The quantitative estimate of drug-likeness (QED) is 0.694. The first kappa shape index (κ1) is 16.0. The highest BCUT2D eigenvalue weighted by atomic mass is 16.6. The molecule has 0 saturated heterocycles.